The summed E-state index contributed by atoms with van der Waals surface area (Å²) in [6.07, 6.45) is 1.22. The summed E-state index contributed by atoms with van der Waals surface area (Å²) in [6, 6.07) is 13.4. The van der Waals surface area contributed by atoms with Crippen LogP contribution in [0.5, 0.6) is 11.5 Å². The van der Waals surface area contributed by atoms with Crippen molar-refractivity contribution in [2.45, 2.75) is 25.7 Å². The Labute approximate surface area is 169 Å². The number of anilines is 1. The molecule has 1 amide bonds. The molecule has 3 aromatic rings. The highest BCUT2D eigenvalue weighted by molar-refractivity contribution is 5.97. The number of benzene rings is 2. The molecule has 1 saturated heterocycles. The van der Waals surface area contributed by atoms with Crippen LogP contribution >= 0.6 is 0 Å². The minimum absolute atomic E-state index is 0.0711. The molecule has 1 atom stereocenters. The van der Waals surface area contributed by atoms with E-state index in [0.717, 1.165) is 23.2 Å². The zero-order valence-electron chi connectivity index (χ0n) is 16.7. The quantitative estimate of drug-likeness (QED) is 0.633. The zero-order chi connectivity index (χ0) is 20.4. The number of aromatic nitrogens is 2. The molecule has 1 unspecified atom stereocenters. The summed E-state index contributed by atoms with van der Waals surface area (Å²) < 4.78 is 16.1. The second kappa shape index (κ2) is 7.95. The fraction of sp³-hybridized carbons (Fsp3) is 0.318. The normalized spacial score (nSPS) is 16.3. The number of rotatable bonds is 6. The molecular weight excluding hydrogens is 370 g/mol. The second-order valence-electron chi connectivity index (χ2n) is 6.91. The molecular formula is C22H23N3O4. The summed E-state index contributed by atoms with van der Waals surface area (Å²) in [5.41, 5.74) is 2.87. The number of carbonyl (C=O) groups excluding carboxylic acids is 1. The third-order valence-corrected chi connectivity index (χ3v) is 5.22. The highest BCUT2D eigenvalue weighted by atomic mass is 16.5. The van der Waals surface area contributed by atoms with E-state index >= 15 is 0 Å². The first kappa shape index (κ1) is 19.0. The lowest BCUT2D eigenvalue weighted by Crippen LogP contribution is -2.25. The van der Waals surface area contributed by atoms with Gasteiger partial charge in [-0.25, -0.2) is 0 Å². The van der Waals surface area contributed by atoms with E-state index in [1.807, 2.05) is 29.2 Å². The van der Waals surface area contributed by atoms with Crippen molar-refractivity contribution in [2.75, 3.05) is 25.7 Å². The van der Waals surface area contributed by atoms with Gasteiger partial charge in [0, 0.05) is 24.2 Å². The maximum Gasteiger partial charge on any atom is 0.232 e. The summed E-state index contributed by atoms with van der Waals surface area (Å²) in [6.45, 7) is 2.62. The predicted molar refractivity (Wildman–Crippen MR) is 108 cm³/mol. The summed E-state index contributed by atoms with van der Waals surface area (Å²) in [5.74, 6) is 2.09. The van der Waals surface area contributed by atoms with E-state index < -0.39 is 0 Å². The van der Waals surface area contributed by atoms with Crippen molar-refractivity contribution in [1.29, 1.82) is 0 Å². The minimum Gasteiger partial charge on any atom is -0.493 e. The fourth-order valence-corrected chi connectivity index (χ4v) is 3.67. The summed E-state index contributed by atoms with van der Waals surface area (Å²) >= 11 is 0. The Morgan fingerprint density at radius 1 is 1.14 bits per heavy atom. The largest absolute Gasteiger partial charge is 0.493 e. The second-order valence-corrected chi connectivity index (χ2v) is 6.91. The fourth-order valence-electron chi connectivity index (χ4n) is 3.67. The number of hydrogen-bond donors (Lipinski definition) is 0. The Morgan fingerprint density at radius 2 is 1.93 bits per heavy atom. The van der Waals surface area contributed by atoms with Crippen molar-refractivity contribution in [3.8, 4) is 22.9 Å². The van der Waals surface area contributed by atoms with Crippen LogP contribution in [-0.2, 0) is 11.2 Å². The van der Waals surface area contributed by atoms with Gasteiger partial charge >= 0.3 is 0 Å². The van der Waals surface area contributed by atoms with Gasteiger partial charge in [-0.2, -0.15) is 4.98 Å². The molecule has 0 radical (unpaired) electrons. The summed E-state index contributed by atoms with van der Waals surface area (Å²) in [7, 11) is 3.17. The average molecular weight is 393 g/mol. The van der Waals surface area contributed by atoms with Gasteiger partial charge in [-0.05, 0) is 36.2 Å². The SMILES string of the molecule is CCc1ccccc1N1CC(c2nc(-c3ccc(OC)c(OC)c3)no2)CC1=O. The molecule has 2 heterocycles. The van der Waals surface area contributed by atoms with Gasteiger partial charge < -0.3 is 18.9 Å². The van der Waals surface area contributed by atoms with Gasteiger partial charge in [0.2, 0.25) is 17.6 Å². The topological polar surface area (TPSA) is 77.7 Å². The van der Waals surface area contributed by atoms with Crippen molar-refractivity contribution in [3.05, 3.63) is 53.9 Å². The third-order valence-electron chi connectivity index (χ3n) is 5.22. The first-order chi connectivity index (χ1) is 14.1. The Kier molecular flexibility index (Phi) is 5.20. The van der Waals surface area contributed by atoms with Gasteiger partial charge in [0.15, 0.2) is 11.5 Å². The molecule has 0 spiro atoms. The monoisotopic (exact) mass is 393 g/mol. The van der Waals surface area contributed by atoms with E-state index in [9.17, 15) is 4.79 Å². The van der Waals surface area contributed by atoms with E-state index in [-0.39, 0.29) is 11.8 Å². The first-order valence-electron chi connectivity index (χ1n) is 9.58. The molecule has 1 aliphatic heterocycles. The third kappa shape index (κ3) is 3.55. The summed E-state index contributed by atoms with van der Waals surface area (Å²) in [5, 5.41) is 4.11. The average Bonchev–Trinajstić information content (AvgIpc) is 3.40. The van der Waals surface area contributed by atoms with Crippen molar-refractivity contribution in [2.24, 2.45) is 0 Å². The van der Waals surface area contributed by atoms with Crippen LogP contribution in [0.1, 0.15) is 30.7 Å². The van der Waals surface area contributed by atoms with Gasteiger partial charge in [-0.3, -0.25) is 4.79 Å². The molecule has 1 aromatic heterocycles. The van der Waals surface area contributed by atoms with E-state index in [4.69, 9.17) is 14.0 Å². The zero-order valence-corrected chi connectivity index (χ0v) is 16.7. The highest BCUT2D eigenvalue weighted by Crippen LogP contribution is 2.35. The molecule has 4 rings (SSSR count). The van der Waals surface area contributed by atoms with Crippen LogP contribution in [0.3, 0.4) is 0 Å². The standard InChI is InChI=1S/C22H23N3O4/c1-4-14-7-5-6-8-17(14)25-13-16(12-20(25)26)22-23-21(24-29-22)15-9-10-18(27-2)19(11-15)28-3/h5-11,16H,4,12-13H2,1-3H3. The maximum absolute atomic E-state index is 12.7. The first-order valence-corrected chi connectivity index (χ1v) is 9.58. The van der Waals surface area contributed by atoms with Crippen molar-refractivity contribution >= 4 is 11.6 Å². The van der Waals surface area contributed by atoms with Crippen LogP contribution in [0.4, 0.5) is 5.69 Å². The van der Waals surface area contributed by atoms with E-state index in [2.05, 4.69) is 23.1 Å². The molecule has 0 bridgehead atoms. The van der Waals surface area contributed by atoms with E-state index in [0.29, 0.717) is 36.2 Å². The number of para-hydroxylation sites is 1. The number of methoxy groups -OCH3 is 2. The van der Waals surface area contributed by atoms with Crippen molar-refractivity contribution < 1.29 is 18.8 Å². The van der Waals surface area contributed by atoms with Gasteiger partial charge in [0.25, 0.3) is 0 Å². The van der Waals surface area contributed by atoms with E-state index in [1.54, 1.807) is 26.4 Å². The summed E-state index contributed by atoms with van der Waals surface area (Å²) in [4.78, 5) is 19.0. The molecule has 0 aliphatic carbocycles. The predicted octanol–water partition coefficient (Wildman–Crippen LogP) is 3.84. The smallest absolute Gasteiger partial charge is 0.232 e. The van der Waals surface area contributed by atoms with Gasteiger partial charge in [0.1, 0.15) is 0 Å². The lowest BCUT2D eigenvalue weighted by Gasteiger charge is -2.19. The molecule has 1 fully saturated rings. The molecule has 29 heavy (non-hydrogen) atoms. The Balaban J connectivity index is 1.57. The molecule has 7 nitrogen and oxygen atoms in total. The number of aryl methyl sites for hydroxylation is 1. The number of ether oxygens (including phenoxy) is 2. The number of amides is 1. The van der Waals surface area contributed by atoms with Crippen LogP contribution < -0.4 is 14.4 Å². The van der Waals surface area contributed by atoms with E-state index in [1.165, 1.54) is 0 Å². The number of nitrogens with zero attached hydrogens (tertiary/aromatic N) is 3. The molecule has 150 valence electrons. The van der Waals surface area contributed by atoms with Crippen molar-refractivity contribution in [1.82, 2.24) is 10.1 Å². The maximum atomic E-state index is 12.7. The van der Waals surface area contributed by atoms with Crippen LogP contribution in [0, 0.1) is 0 Å². The van der Waals surface area contributed by atoms with Crippen LogP contribution in [0.2, 0.25) is 0 Å². The number of carbonyl (C=O) groups is 1. The number of hydrogen-bond acceptors (Lipinski definition) is 6. The molecule has 0 saturated carbocycles. The minimum atomic E-state index is -0.131. The highest BCUT2D eigenvalue weighted by Gasteiger charge is 2.35. The van der Waals surface area contributed by atoms with Crippen LogP contribution in [-0.4, -0.2) is 36.8 Å². The molecule has 7 heteroatoms. The Morgan fingerprint density at radius 3 is 2.69 bits per heavy atom. The van der Waals surface area contributed by atoms with Crippen LogP contribution in [0.15, 0.2) is 47.0 Å². The molecule has 0 N–H and O–H groups in total. The molecule has 2 aromatic carbocycles. The lowest BCUT2D eigenvalue weighted by molar-refractivity contribution is -0.117. The Hall–Kier alpha value is -3.35. The molecule has 1 aliphatic rings. The van der Waals surface area contributed by atoms with Crippen LogP contribution in [0.25, 0.3) is 11.4 Å². The van der Waals surface area contributed by atoms with Gasteiger partial charge in [-0.1, -0.05) is 30.3 Å². The van der Waals surface area contributed by atoms with Crippen molar-refractivity contribution in [3.63, 3.8) is 0 Å². The van der Waals surface area contributed by atoms with Gasteiger partial charge in [0.05, 0.1) is 20.1 Å². The lowest BCUT2D eigenvalue weighted by atomic mass is 10.1. The van der Waals surface area contributed by atoms with Gasteiger partial charge in [-0.15, -0.1) is 0 Å². The Bertz CT molecular complexity index is 1030.